The first-order valence-corrected chi connectivity index (χ1v) is 5.92. The van der Waals surface area contributed by atoms with Gasteiger partial charge in [-0.15, -0.1) is 0 Å². The van der Waals surface area contributed by atoms with Crippen molar-refractivity contribution in [2.24, 2.45) is 4.99 Å². The van der Waals surface area contributed by atoms with Crippen molar-refractivity contribution in [3.05, 3.63) is 0 Å². The second kappa shape index (κ2) is 7.07. The number of carbonyl (C=O) groups is 2. The zero-order chi connectivity index (χ0) is 13.4. The molecule has 0 saturated heterocycles. The van der Waals surface area contributed by atoms with Crippen molar-refractivity contribution in [3.8, 4) is 0 Å². The van der Waals surface area contributed by atoms with Gasteiger partial charge in [-0.1, -0.05) is 0 Å². The van der Waals surface area contributed by atoms with E-state index in [0.717, 1.165) is 6.54 Å². The van der Waals surface area contributed by atoms with Crippen LogP contribution in [-0.4, -0.2) is 72.4 Å². The standard InChI is InChI=1S/C11H18N2O5/c14-10(15)1-4-13(5-3-12-9-13)6-8-18-7-2-11(16)17/h9H,1-8H2,(H-,14,15,16,17)/p+1. The third-order valence-electron chi connectivity index (χ3n) is 2.91. The second-order valence-electron chi connectivity index (χ2n) is 4.31. The SMILES string of the molecule is O=C(O)CCOCC[N+]1(CCC(=O)O)C=NCC1. The van der Waals surface area contributed by atoms with E-state index in [0.29, 0.717) is 30.7 Å². The van der Waals surface area contributed by atoms with Gasteiger partial charge in [0.15, 0.2) is 6.34 Å². The summed E-state index contributed by atoms with van der Waals surface area (Å²) >= 11 is 0. The van der Waals surface area contributed by atoms with Crippen molar-refractivity contribution in [1.29, 1.82) is 0 Å². The lowest BCUT2D eigenvalue weighted by Crippen LogP contribution is -2.48. The molecule has 1 heterocycles. The maximum absolute atomic E-state index is 10.6. The number of nitrogens with zero attached hydrogens (tertiary/aromatic N) is 2. The summed E-state index contributed by atoms with van der Waals surface area (Å²) < 4.78 is 5.75. The maximum Gasteiger partial charge on any atom is 0.309 e. The molecule has 0 radical (unpaired) electrons. The van der Waals surface area contributed by atoms with Crippen molar-refractivity contribution in [2.45, 2.75) is 12.8 Å². The molecule has 0 aromatic heterocycles. The zero-order valence-corrected chi connectivity index (χ0v) is 10.2. The Labute approximate surface area is 105 Å². The first kappa shape index (κ1) is 14.6. The molecule has 18 heavy (non-hydrogen) atoms. The fourth-order valence-corrected chi connectivity index (χ4v) is 1.82. The molecule has 0 saturated carbocycles. The Balaban J connectivity index is 2.27. The Morgan fingerprint density at radius 2 is 1.89 bits per heavy atom. The van der Waals surface area contributed by atoms with Gasteiger partial charge in [0.2, 0.25) is 0 Å². The van der Waals surface area contributed by atoms with Crippen LogP contribution in [0.5, 0.6) is 0 Å². The molecule has 0 aromatic rings. The highest BCUT2D eigenvalue weighted by molar-refractivity contribution is 5.67. The molecule has 7 nitrogen and oxygen atoms in total. The molecule has 102 valence electrons. The molecule has 1 atom stereocenters. The Morgan fingerprint density at radius 3 is 2.44 bits per heavy atom. The van der Waals surface area contributed by atoms with Crippen LogP contribution in [0.4, 0.5) is 0 Å². The predicted octanol–water partition coefficient (Wildman–Crippen LogP) is -0.189. The van der Waals surface area contributed by atoms with E-state index in [-0.39, 0.29) is 19.4 Å². The summed E-state index contributed by atoms with van der Waals surface area (Å²) in [7, 11) is 0. The Kier molecular flexibility index (Phi) is 5.73. The summed E-state index contributed by atoms with van der Waals surface area (Å²) in [5.74, 6) is -1.70. The topological polar surface area (TPSA) is 96.2 Å². The minimum absolute atomic E-state index is 0.0107. The van der Waals surface area contributed by atoms with E-state index in [2.05, 4.69) is 4.99 Å². The molecule has 0 aliphatic carbocycles. The summed E-state index contributed by atoms with van der Waals surface area (Å²) in [6.07, 6.45) is 1.87. The van der Waals surface area contributed by atoms with Crippen molar-refractivity contribution in [1.82, 2.24) is 0 Å². The van der Waals surface area contributed by atoms with Crippen LogP contribution >= 0.6 is 0 Å². The number of carboxylic acid groups (broad SMARTS) is 2. The predicted molar refractivity (Wildman–Crippen MR) is 63.5 cm³/mol. The lowest BCUT2D eigenvalue weighted by Gasteiger charge is -2.29. The van der Waals surface area contributed by atoms with Crippen LogP contribution in [0.1, 0.15) is 12.8 Å². The fraction of sp³-hybridized carbons (Fsp3) is 0.727. The highest BCUT2D eigenvalue weighted by Crippen LogP contribution is 2.10. The molecular formula is C11H19N2O5+. The first-order valence-electron chi connectivity index (χ1n) is 5.92. The van der Waals surface area contributed by atoms with Gasteiger partial charge in [-0.25, -0.2) is 4.99 Å². The van der Waals surface area contributed by atoms with Crippen LogP contribution in [0, 0.1) is 0 Å². The minimum atomic E-state index is -0.882. The number of ether oxygens (including phenoxy) is 1. The molecule has 1 unspecified atom stereocenters. The summed E-state index contributed by atoms with van der Waals surface area (Å²) in [5, 5.41) is 17.2. The lowest BCUT2D eigenvalue weighted by molar-refractivity contribution is -0.828. The second-order valence-corrected chi connectivity index (χ2v) is 4.31. The largest absolute Gasteiger partial charge is 0.481 e. The van der Waals surface area contributed by atoms with Gasteiger partial charge >= 0.3 is 11.9 Å². The van der Waals surface area contributed by atoms with Gasteiger partial charge in [0.25, 0.3) is 0 Å². The molecule has 0 spiro atoms. The Morgan fingerprint density at radius 1 is 1.17 bits per heavy atom. The summed E-state index contributed by atoms with van der Waals surface area (Å²) in [4.78, 5) is 25.0. The molecule has 0 bridgehead atoms. The summed E-state index contributed by atoms with van der Waals surface area (Å²) in [6.45, 7) is 3.23. The van der Waals surface area contributed by atoms with Crippen LogP contribution in [0.25, 0.3) is 0 Å². The van der Waals surface area contributed by atoms with Crippen molar-refractivity contribution < 1.29 is 29.0 Å². The first-order chi connectivity index (χ1) is 8.54. The Hall–Kier alpha value is -1.47. The third-order valence-corrected chi connectivity index (χ3v) is 2.91. The number of aliphatic imine (C=N–C) groups is 1. The molecule has 7 heteroatoms. The number of carboxylic acids is 2. The summed E-state index contributed by atoms with van der Waals surface area (Å²) in [6, 6.07) is 0. The van der Waals surface area contributed by atoms with Gasteiger partial charge in [-0.3, -0.25) is 14.1 Å². The number of quaternary nitrogens is 1. The van der Waals surface area contributed by atoms with Gasteiger partial charge in [-0.2, -0.15) is 0 Å². The molecule has 0 fully saturated rings. The van der Waals surface area contributed by atoms with Gasteiger partial charge in [-0.05, 0) is 0 Å². The van der Waals surface area contributed by atoms with Gasteiger partial charge in [0.05, 0.1) is 39.1 Å². The van der Waals surface area contributed by atoms with E-state index >= 15 is 0 Å². The molecule has 1 aliphatic rings. The quantitative estimate of drug-likeness (QED) is 0.442. The number of hydrogen-bond donors (Lipinski definition) is 2. The molecule has 0 amide bonds. The summed E-state index contributed by atoms with van der Waals surface area (Å²) in [5.41, 5.74) is 0. The van der Waals surface area contributed by atoms with E-state index in [1.54, 1.807) is 6.34 Å². The van der Waals surface area contributed by atoms with Crippen LogP contribution in [0.2, 0.25) is 0 Å². The van der Waals surface area contributed by atoms with Gasteiger partial charge in [0, 0.05) is 0 Å². The van der Waals surface area contributed by atoms with E-state index < -0.39 is 11.9 Å². The average molecular weight is 259 g/mol. The van der Waals surface area contributed by atoms with E-state index in [1.165, 1.54) is 0 Å². The fourth-order valence-electron chi connectivity index (χ4n) is 1.82. The number of rotatable bonds is 9. The lowest BCUT2D eigenvalue weighted by atomic mass is 10.3. The smallest absolute Gasteiger partial charge is 0.309 e. The number of aliphatic carboxylic acids is 2. The monoisotopic (exact) mass is 259 g/mol. The highest BCUT2D eigenvalue weighted by atomic mass is 16.5. The molecule has 2 N–H and O–H groups in total. The minimum Gasteiger partial charge on any atom is -0.481 e. The van der Waals surface area contributed by atoms with E-state index in [4.69, 9.17) is 14.9 Å². The zero-order valence-electron chi connectivity index (χ0n) is 10.2. The highest BCUT2D eigenvalue weighted by Gasteiger charge is 2.29. The van der Waals surface area contributed by atoms with E-state index in [1.807, 2.05) is 0 Å². The number of hydrogen-bond acceptors (Lipinski definition) is 4. The van der Waals surface area contributed by atoms with Crippen molar-refractivity contribution >= 4 is 18.3 Å². The average Bonchev–Trinajstić information content (AvgIpc) is 2.75. The Bertz CT molecular complexity index is 331. The van der Waals surface area contributed by atoms with Crippen molar-refractivity contribution in [3.63, 3.8) is 0 Å². The molecule has 1 rings (SSSR count). The molecule has 0 aromatic carbocycles. The third kappa shape index (κ3) is 5.24. The van der Waals surface area contributed by atoms with Crippen LogP contribution < -0.4 is 0 Å². The van der Waals surface area contributed by atoms with Gasteiger partial charge in [0.1, 0.15) is 13.1 Å². The van der Waals surface area contributed by atoms with Crippen LogP contribution in [0.3, 0.4) is 0 Å². The van der Waals surface area contributed by atoms with Gasteiger partial charge < -0.3 is 14.9 Å². The van der Waals surface area contributed by atoms with Crippen LogP contribution in [0.15, 0.2) is 4.99 Å². The van der Waals surface area contributed by atoms with E-state index in [9.17, 15) is 9.59 Å². The normalized spacial score (nSPS) is 22.2. The maximum atomic E-state index is 10.6. The van der Waals surface area contributed by atoms with Crippen molar-refractivity contribution in [2.75, 3.05) is 39.4 Å². The molecule has 1 aliphatic heterocycles. The molecular weight excluding hydrogens is 240 g/mol. The van der Waals surface area contributed by atoms with Crippen LogP contribution in [-0.2, 0) is 14.3 Å².